The Morgan fingerprint density at radius 1 is 0.854 bits per heavy atom. The average Bonchev–Trinajstić information content (AvgIpc) is 3.47. The van der Waals surface area contributed by atoms with Gasteiger partial charge in [0.25, 0.3) is 5.91 Å². The van der Waals surface area contributed by atoms with Crippen molar-refractivity contribution in [1.82, 2.24) is 0 Å². The highest BCUT2D eigenvalue weighted by atomic mass is 16.8. The fraction of sp³-hybridized carbons (Fsp3) is 0.343. The molecule has 0 spiro atoms. The second-order valence-electron chi connectivity index (χ2n) is 11.8. The summed E-state index contributed by atoms with van der Waals surface area (Å²) in [5.74, 6) is 1.19. The van der Waals surface area contributed by atoms with Crippen LogP contribution in [0.4, 0.5) is 10.5 Å². The number of ether oxygens (including phenoxy) is 8. The Kier molecular flexibility index (Phi) is 8.67. The van der Waals surface area contributed by atoms with Crippen molar-refractivity contribution in [2.75, 3.05) is 33.8 Å². The number of rotatable bonds is 9. The second kappa shape index (κ2) is 12.7. The highest BCUT2D eigenvalue weighted by molar-refractivity contribution is 6.06. The fourth-order valence-corrected chi connectivity index (χ4v) is 6.08. The quantitative estimate of drug-likeness (QED) is 0.179. The lowest BCUT2D eigenvalue weighted by Crippen LogP contribution is -2.62. The van der Waals surface area contributed by atoms with Crippen molar-refractivity contribution in [2.24, 2.45) is 0 Å². The number of anilines is 1. The summed E-state index contributed by atoms with van der Waals surface area (Å²) in [6.45, 7) is 5.26. The molecule has 6 rings (SSSR count). The maximum absolute atomic E-state index is 13.4. The molecule has 4 atom stereocenters. The molecule has 0 saturated carbocycles. The molecule has 2 aliphatic rings. The normalized spacial score (nSPS) is 21.1. The number of benzene rings is 3. The van der Waals surface area contributed by atoms with Crippen molar-refractivity contribution in [3.05, 3.63) is 76.1 Å². The van der Waals surface area contributed by atoms with E-state index in [0.717, 1.165) is 5.56 Å². The lowest BCUT2D eigenvalue weighted by atomic mass is 9.89. The highest BCUT2D eigenvalue weighted by Crippen LogP contribution is 2.42. The summed E-state index contributed by atoms with van der Waals surface area (Å²) < 4.78 is 51.0. The average molecular weight is 662 g/mol. The van der Waals surface area contributed by atoms with Crippen LogP contribution in [0.1, 0.15) is 29.8 Å². The zero-order valence-corrected chi connectivity index (χ0v) is 27.4. The van der Waals surface area contributed by atoms with Crippen LogP contribution in [0, 0.1) is 6.92 Å². The molecular weight excluding hydrogens is 626 g/mol. The standard InChI is InChI=1S/C35H35NO12/c1-17-25(44-33-29-28(46-34(39)47-29)30(43-7)35(2,3)48-33)16-26(42-6)22-15-23(32(38)45-27(17)22)36-31(37)19-11-12-24(41-5)21(14-19)18-9-8-10-20(13-18)40-4/h8-16,28-30,33H,1-7H3,(H,36,37)/t28-,29+,30+,33+/m0/s1. The lowest BCUT2D eigenvalue weighted by Gasteiger charge is -2.45. The number of carbonyl (C=O) groups is 2. The van der Waals surface area contributed by atoms with Gasteiger partial charge in [-0.3, -0.25) is 4.79 Å². The van der Waals surface area contributed by atoms with E-state index in [4.69, 9.17) is 42.3 Å². The minimum Gasteiger partial charge on any atom is -0.497 e. The number of hydrogen-bond donors (Lipinski definition) is 1. The Hall–Kier alpha value is -5.27. The molecule has 1 aromatic heterocycles. The van der Waals surface area contributed by atoms with Crippen LogP contribution in [-0.4, -0.2) is 70.7 Å². The number of methoxy groups -OCH3 is 4. The molecule has 2 fully saturated rings. The van der Waals surface area contributed by atoms with Crippen LogP contribution in [-0.2, 0) is 18.9 Å². The fourth-order valence-electron chi connectivity index (χ4n) is 6.08. The molecule has 13 heteroatoms. The van der Waals surface area contributed by atoms with E-state index in [1.165, 1.54) is 20.3 Å². The van der Waals surface area contributed by atoms with E-state index in [9.17, 15) is 14.4 Å². The molecule has 1 N–H and O–H groups in total. The molecule has 3 heterocycles. The van der Waals surface area contributed by atoms with Gasteiger partial charge in [0.1, 0.15) is 40.4 Å². The van der Waals surface area contributed by atoms with Crippen molar-refractivity contribution in [3.63, 3.8) is 0 Å². The van der Waals surface area contributed by atoms with Crippen LogP contribution < -0.4 is 29.9 Å². The van der Waals surface area contributed by atoms with Gasteiger partial charge in [0.2, 0.25) is 12.4 Å². The van der Waals surface area contributed by atoms with E-state index in [2.05, 4.69) is 5.32 Å². The van der Waals surface area contributed by atoms with Gasteiger partial charge >= 0.3 is 11.8 Å². The zero-order valence-electron chi connectivity index (χ0n) is 27.4. The van der Waals surface area contributed by atoms with Crippen LogP contribution in [0.2, 0.25) is 0 Å². The highest BCUT2D eigenvalue weighted by Gasteiger charge is 2.59. The Morgan fingerprint density at radius 3 is 2.31 bits per heavy atom. The van der Waals surface area contributed by atoms with Crippen LogP contribution in [0.25, 0.3) is 22.1 Å². The van der Waals surface area contributed by atoms with E-state index in [0.29, 0.717) is 28.0 Å². The molecule has 0 aliphatic carbocycles. The first kappa shape index (κ1) is 32.7. The Morgan fingerprint density at radius 2 is 1.60 bits per heavy atom. The van der Waals surface area contributed by atoms with Gasteiger partial charge in [-0.25, -0.2) is 9.59 Å². The SMILES string of the molecule is COc1cccc(-c2cc(C(=O)Nc3cc4c(OC)cc(O[C@@H]5OC(C)(C)[C@H](OC)[C@H]6OC(=O)O[C@@H]56)c(C)c4oc3=O)ccc2OC)c1. The second-order valence-corrected chi connectivity index (χ2v) is 11.8. The van der Waals surface area contributed by atoms with Crippen molar-refractivity contribution in [2.45, 2.75) is 51.0 Å². The van der Waals surface area contributed by atoms with E-state index in [1.807, 2.05) is 24.3 Å². The zero-order chi connectivity index (χ0) is 34.3. The molecule has 252 valence electrons. The molecule has 0 bridgehead atoms. The summed E-state index contributed by atoms with van der Waals surface area (Å²) in [6.07, 6.45) is -4.26. The van der Waals surface area contributed by atoms with E-state index in [-0.39, 0.29) is 28.3 Å². The predicted molar refractivity (Wildman–Crippen MR) is 172 cm³/mol. The maximum Gasteiger partial charge on any atom is 0.509 e. The summed E-state index contributed by atoms with van der Waals surface area (Å²) in [5, 5.41) is 3.07. The summed E-state index contributed by atoms with van der Waals surface area (Å²) >= 11 is 0. The Balaban J connectivity index is 1.31. The summed E-state index contributed by atoms with van der Waals surface area (Å²) in [5.41, 5.74) is 0.512. The first-order chi connectivity index (χ1) is 23.0. The van der Waals surface area contributed by atoms with Crippen molar-refractivity contribution in [1.29, 1.82) is 0 Å². The van der Waals surface area contributed by atoms with Gasteiger partial charge in [-0.05, 0) is 62.7 Å². The minimum atomic E-state index is -1.08. The number of hydrogen-bond acceptors (Lipinski definition) is 12. The third-order valence-corrected chi connectivity index (χ3v) is 8.45. The van der Waals surface area contributed by atoms with Gasteiger partial charge in [0, 0.05) is 29.9 Å². The molecule has 3 aromatic carbocycles. The Labute approximate surface area is 275 Å². The number of fused-ring (bicyclic) bond motifs is 2. The molecule has 0 radical (unpaired) electrons. The van der Waals surface area contributed by atoms with E-state index in [1.54, 1.807) is 59.3 Å². The number of aryl methyl sites for hydroxylation is 1. The van der Waals surface area contributed by atoms with Crippen molar-refractivity contribution in [3.8, 4) is 34.1 Å². The van der Waals surface area contributed by atoms with Crippen LogP contribution in [0.5, 0.6) is 23.0 Å². The third kappa shape index (κ3) is 5.86. The van der Waals surface area contributed by atoms with Crippen LogP contribution >= 0.6 is 0 Å². The first-order valence-corrected chi connectivity index (χ1v) is 15.0. The van der Waals surface area contributed by atoms with Crippen molar-refractivity contribution >= 4 is 28.7 Å². The molecule has 1 amide bonds. The topological polar surface area (TPSA) is 150 Å². The van der Waals surface area contributed by atoms with Gasteiger partial charge in [-0.15, -0.1) is 0 Å². The Bertz CT molecular complexity index is 1950. The van der Waals surface area contributed by atoms with Gasteiger partial charge < -0.3 is 47.6 Å². The van der Waals surface area contributed by atoms with Gasteiger partial charge in [-0.2, -0.15) is 0 Å². The molecule has 2 aliphatic heterocycles. The van der Waals surface area contributed by atoms with Crippen molar-refractivity contribution < 1.29 is 51.9 Å². The summed E-state index contributed by atoms with van der Waals surface area (Å²) in [6, 6.07) is 15.4. The molecular formula is C35H35NO12. The smallest absolute Gasteiger partial charge is 0.497 e. The maximum atomic E-state index is 13.4. The summed E-state index contributed by atoms with van der Waals surface area (Å²) in [4.78, 5) is 38.8. The molecule has 4 aromatic rings. The molecule has 0 unspecified atom stereocenters. The molecule has 2 saturated heterocycles. The predicted octanol–water partition coefficient (Wildman–Crippen LogP) is 5.48. The first-order valence-electron chi connectivity index (χ1n) is 15.0. The number of carbonyl (C=O) groups excluding carboxylic acids is 2. The number of nitrogens with one attached hydrogen (secondary N) is 1. The minimum absolute atomic E-state index is 0.0987. The lowest BCUT2D eigenvalue weighted by molar-refractivity contribution is -0.282. The molecule has 13 nitrogen and oxygen atoms in total. The van der Waals surface area contributed by atoms with E-state index < -0.39 is 47.9 Å². The van der Waals surface area contributed by atoms with Crippen LogP contribution in [0.15, 0.2) is 63.8 Å². The third-order valence-electron chi connectivity index (χ3n) is 8.45. The van der Waals surface area contributed by atoms with Gasteiger partial charge in [0.05, 0.1) is 32.3 Å². The van der Waals surface area contributed by atoms with Gasteiger partial charge in [0.15, 0.2) is 6.10 Å². The molecule has 48 heavy (non-hydrogen) atoms. The summed E-state index contributed by atoms with van der Waals surface area (Å²) in [7, 11) is 6.05. The van der Waals surface area contributed by atoms with Gasteiger partial charge in [-0.1, -0.05) is 12.1 Å². The monoisotopic (exact) mass is 661 g/mol. The number of amides is 1. The van der Waals surface area contributed by atoms with E-state index >= 15 is 0 Å². The largest absolute Gasteiger partial charge is 0.509 e. The van der Waals surface area contributed by atoms with Crippen LogP contribution in [0.3, 0.4) is 0 Å².